The van der Waals surface area contributed by atoms with Gasteiger partial charge in [0.15, 0.2) is 11.6 Å². The number of nitrogens with one attached hydrogen (secondary N) is 2. The van der Waals surface area contributed by atoms with Crippen LogP contribution in [-0.2, 0) is 0 Å². The Balaban J connectivity index is 2.43. The molecule has 1 aromatic heterocycles. The molecule has 1 heterocycles. The molecule has 2 atom stereocenters. The molecule has 140 valence electrons. The third-order valence-corrected chi connectivity index (χ3v) is 4.41. The number of rotatable bonds is 7. The third-order valence-electron chi connectivity index (χ3n) is 4.41. The molecule has 6 N–H and O–H groups in total. The highest BCUT2D eigenvalue weighted by atomic mass is 19.1. The van der Waals surface area contributed by atoms with Gasteiger partial charge in [0, 0.05) is 17.8 Å². The Labute approximate surface area is 153 Å². The van der Waals surface area contributed by atoms with Crippen molar-refractivity contribution >= 4 is 23.2 Å². The lowest BCUT2D eigenvalue weighted by Gasteiger charge is -2.22. The summed E-state index contributed by atoms with van der Waals surface area (Å²) in [5, 5.41) is 6.07. The summed E-state index contributed by atoms with van der Waals surface area (Å²) >= 11 is 0. The maximum absolute atomic E-state index is 14.4. The molecule has 2 aromatic rings. The molecular formula is C19H26FN5O. The van der Waals surface area contributed by atoms with Crippen LogP contribution in [0.3, 0.4) is 0 Å². The zero-order chi connectivity index (χ0) is 19.4. The zero-order valence-corrected chi connectivity index (χ0v) is 15.6. The lowest BCUT2D eigenvalue weighted by Crippen LogP contribution is -2.38. The van der Waals surface area contributed by atoms with E-state index in [-0.39, 0.29) is 29.3 Å². The van der Waals surface area contributed by atoms with Gasteiger partial charge in [-0.3, -0.25) is 4.79 Å². The fourth-order valence-electron chi connectivity index (χ4n) is 2.61. The minimum atomic E-state index is -0.756. The van der Waals surface area contributed by atoms with E-state index in [0.717, 1.165) is 22.9 Å². The van der Waals surface area contributed by atoms with Crippen molar-refractivity contribution in [2.75, 3.05) is 10.6 Å². The maximum Gasteiger partial charge on any atom is 0.252 e. The number of nitrogens with two attached hydrogens (primary N) is 2. The van der Waals surface area contributed by atoms with Crippen molar-refractivity contribution in [3.05, 3.63) is 46.8 Å². The molecular weight excluding hydrogens is 333 g/mol. The van der Waals surface area contributed by atoms with E-state index in [1.807, 2.05) is 45.9 Å². The molecule has 7 heteroatoms. The van der Waals surface area contributed by atoms with Crippen LogP contribution in [0.4, 0.5) is 21.7 Å². The van der Waals surface area contributed by atoms with Gasteiger partial charge in [0.25, 0.3) is 5.91 Å². The van der Waals surface area contributed by atoms with Gasteiger partial charge < -0.3 is 22.1 Å². The SMILES string of the molecule is CC[C@@H](Nc1nc(Nc2ccc(C)c(C)c2)c(C(N)=O)cc1F)[C@H](C)N. The number of carbonyl (C=O) groups is 1. The summed E-state index contributed by atoms with van der Waals surface area (Å²) in [6.07, 6.45) is 0.705. The number of benzene rings is 1. The van der Waals surface area contributed by atoms with E-state index >= 15 is 0 Å². The highest BCUT2D eigenvalue weighted by Gasteiger charge is 2.19. The molecule has 0 saturated heterocycles. The molecule has 0 saturated carbocycles. The summed E-state index contributed by atoms with van der Waals surface area (Å²) < 4.78 is 14.4. The molecule has 1 amide bonds. The van der Waals surface area contributed by atoms with Gasteiger partial charge in [-0.15, -0.1) is 0 Å². The largest absolute Gasteiger partial charge is 0.365 e. The van der Waals surface area contributed by atoms with Gasteiger partial charge in [-0.1, -0.05) is 13.0 Å². The van der Waals surface area contributed by atoms with Gasteiger partial charge in [0.05, 0.1) is 5.56 Å². The Morgan fingerprint density at radius 1 is 1.23 bits per heavy atom. The quantitative estimate of drug-likeness (QED) is 0.607. The smallest absolute Gasteiger partial charge is 0.252 e. The Morgan fingerprint density at radius 3 is 2.46 bits per heavy atom. The predicted molar refractivity (Wildman–Crippen MR) is 103 cm³/mol. The molecule has 2 rings (SSSR count). The second kappa shape index (κ2) is 8.14. The molecule has 1 aromatic carbocycles. The van der Waals surface area contributed by atoms with Crippen LogP contribution in [0.1, 0.15) is 41.8 Å². The summed E-state index contributed by atoms with van der Waals surface area (Å²) in [7, 11) is 0. The summed E-state index contributed by atoms with van der Waals surface area (Å²) in [4.78, 5) is 16.0. The topological polar surface area (TPSA) is 106 Å². The summed E-state index contributed by atoms with van der Waals surface area (Å²) in [5.74, 6) is -1.17. The van der Waals surface area contributed by atoms with Crippen LogP contribution in [0.2, 0.25) is 0 Å². The van der Waals surface area contributed by atoms with Crippen LogP contribution < -0.4 is 22.1 Å². The maximum atomic E-state index is 14.4. The lowest BCUT2D eigenvalue weighted by molar-refractivity contribution is 0.100. The van der Waals surface area contributed by atoms with Crippen LogP contribution in [0, 0.1) is 19.7 Å². The number of anilines is 3. The summed E-state index contributed by atoms with van der Waals surface area (Å²) in [6, 6.07) is 6.50. The first-order chi connectivity index (χ1) is 12.2. The molecule has 0 unspecified atom stereocenters. The average molecular weight is 359 g/mol. The van der Waals surface area contributed by atoms with Crippen molar-refractivity contribution in [3.8, 4) is 0 Å². The fourth-order valence-corrected chi connectivity index (χ4v) is 2.61. The number of amides is 1. The van der Waals surface area contributed by atoms with Crippen LogP contribution in [0.25, 0.3) is 0 Å². The second-order valence-electron chi connectivity index (χ2n) is 6.52. The van der Waals surface area contributed by atoms with Gasteiger partial charge in [-0.05, 0) is 56.5 Å². The predicted octanol–water partition coefficient (Wildman–Crippen LogP) is 3.22. The third kappa shape index (κ3) is 4.49. The zero-order valence-electron chi connectivity index (χ0n) is 15.6. The Morgan fingerprint density at radius 2 is 1.92 bits per heavy atom. The normalized spacial score (nSPS) is 13.2. The van der Waals surface area contributed by atoms with Crippen LogP contribution >= 0.6 is 0 Å². The van der Waals surface area contributed by atoms with Crippen molar-refractivity contribution in [3.63, 3.8) is 0 Å². The average Bonchev–Trinajstić information content (AvgIpc) is 2.57. The van der Waals surface area contributed by atoms with Gasteiger partial charge in [-0.25, -0.2) is 9.37 Å². The Hall–Kier alpha value is -2.67. The van der Waals surface area contributed by atoms with Gasteiger partial charge >= 0.3 is 0 Å². The van der Waals surface area contributed by atoms with Crippen LogP contribution in [0.5, 0.6) is 0 Å². The van der Waals surface area contributed by atoms with Gasteiger partial charge in [0.1, 0.15) is 5.82 Å². The van der Waals surface area contributed by atoms with E-state index in [0.29, 0.717) is 6.42 Å². The van der Waals surface area contributed by atoms with Crippen molar-refractivity contribution in [1.82, 2.24) is 4.98 Å². The van der Waals surface area contributed by atoms with E-state index in [2.05, 4.69) is 15.6 Å². The number of halogens is 1. The van der Waals surface area contributed by atoms with Gasteiger partial charge in [-0.2, -0.15) is 0 Å². The molecule has 0 fully saturated rings. The second-order valence-corrected chi connectivity index (χ2v) is 6.52. The number of hydrogen-bond donors (Lipinski definition) is 4. The number of primary amides is 1. The standard InChI is InChI=1S/C19H26FN5O/c1-5-16(12(4)21)24-19-15(20)9-14(17(22)26)18(25-19)23-13-7-6-10(2)11(3)8-13/h6-9,12,16H,5,21H2,1-4H3,(H2,22,26)(H2,23,24,25)/t12-,16+/m0/s1. The summed E-state index contributed by atoms with van der Waals surface area (Å²) in [6.45, 7) is 7.77. The number of nitrogens with zero attached hydrogens (tertiary/aromatic N) is 1. The molecule has 6 nitrogen and oxygen atoms in total. The molecule has 0 aliphatic carbocycles. The Bertz CT molecular complexity index is 807. The van der Waals surface area contributed by atoms with Crippen LogP contribution in [-0.4, -0.2) is 23.0 Å². The molecule has 0 aliphatic heterocycles. The molecule has 26 heavy (non-hydrogen) atoms. The summed E-state index contributed by atoms with van der Waals surface area (Å²) in [5.41, 5.74) is 14.3. The van der Waals surface area contributed by atoms with Crippen molar-refractivity contribution in [1.29, 1.82) is 0 Å². The first-order valence-electron chi connectivity index (χ1n) is 8.59. The number of hydrogen-bond acceptors (Lipinski definition) is 5. The first kappa shape index (κ1) is 19.7. The van der Waals surface area contributed by atoms with Crippen molar-refractivity contribution < 1.29 is 9.18 Å². The number of aryl methyl sites for hydroxylation is 2. The monoisotopic (exact) mass is 359 g/mol. The van der Waals surface area contributed by atoms with Crippen LogP contribution in [0.15, 0.2) is 24.3 Å². The van der Waals surface area contributed by atoms with E-state index in [9.17, 15) is 9.18 Å². The van der Waals surface area contributed by atoms with E-state index in [1.54, 1.807) is 0 Å². The molecule has 0 spiro atoms. The van der Waals surface area contributed by atoms with E-state index in [4.69, 9.17) is 11.5 Å². The number of pyridine rings is 1. The van der Waals surface area contributed by atoms with Crippen molar-refractivity contribution in [2.24, 2.45) is 11.5 Å². The van der Waals surface area contributed by atoms with Crippen molar-refractivity contribution in [2.45, 2.75) is 46.2 Å². The molecule has 0 aliphatic rings. The molecule has 0 radical (unpaired) electrons. The first-order valence-corrected chi connectivity index (χ1v) is 8.59. The van der Waals surface area contributed by atoms with E-state index < -0.39 is 11.7 Å². The number of aromatic nitrogens is 1. The molecule has 0 bridgehead atoms. The van der Waals surface area contributed by atoms with Gasteiger partial charge in [0.2, 0.25) is 0 Å². The van der Waals surface area contributed by atoms with E-state index in [1.165, 1.54) is 0 Å². The number of carbonyl (C=O) groups excluding carboxylic acids is 1. The fraction of sp³-hybridized carbons (Fsp3) is 0.368. The minimum absolute atomic E-state index is 0.0138. The highest BCUT2D eigenvalue weighted by Crippen LogP contribution is 2.25. The lowest BCUT2D eigenvalue weighted by atomic mass is 10.1. The minimum Gasteiger partial charge on any atom is -0.365 e. The highest BCUT2D eigenvalue weighted by molar-refractivity contribution is 5.98. The Kier molecular flexibility index (Phi) is 6.15.